The van der Waals surface area contributed by atoms with Crippen LogP contribution in [0.1, 0.15) is 43.5 Å². The van der Waals surface area contributed by atoms with Crippen LogP contribution in [0, 0.1) is 0 Å². The average Bonchev–Trinajstić information content (AvgIpc) is 3.15. The SMILES string of the molecule is CC.CCc1ccc(OCc2coc(C=Cc3ccccc3)n2)cc1. The molecule has 0 amide bonds. The van der Waals surface area contributed by atoms with E-state index in [-0.39, 0.29) is 0 Å². The summed E-state index contributed by atoms with van der Waals surface area (Å²) in [6, 6.07) is 18.2. The minimum absolute atomic E-state index is 0.397. The molecule has 2 aromatic carbocycles. The second-order valence-corrected chi connectivity index (χ2v) is 5.21. The Morgan fingerprint density at radius 2 is 1.68 bits per heavy atom. The molecule has 0 atom stereocenters. The quantitative estimate of drug-likeness (QED) is 0.553. The standard InChI is InChI=1S/C20H19NO2.C2H6/c1-2-16-8-11-19(12-9-16)22-14-18-15-23-20(21-18)13-10-17-6-4-3-5-7-17;1-2/h3-13,15H,2,14H2,1H3;1-2H3. The van der Waals surface area contributed by atoms with E-state index in [1.165, 1.54) is 5.56 Å². The molecule has 3 aromatic rings. The summed E-state index contributed by atoms with van der Waals surface area (Å²) in [7, 11) is 0. The van der Waals surface area contributed by atoms with Gasteiger partial charge in [0.2, 0.25) is 5.89 Å². The molecule has 130 valence electrons. The van der Waals surface area contributed by atoms with Crippen LogP contribution in [-0.2, 0) is 13.0 Å². The summed E-state index contributed by atoms with van der Waals surface area (Å²) in [5, 5.41) is 0. The molecular formula is C22H25NO2. The number of hydrogen-bond donors (Lipinski definition) is 0. The maximum atomic E-state index is 5.72. The van der Waals surface area contributed by atoms with E-state index in [1.807, 2.05) is 68.5 Å². The molecule has 0 aliphatic heterocycles. The molecule has 0 saturated carbocycles. The van der Waals surface area contributed by atoms with Crippen molar-refractivity contribution in [1.82, 2.24) is 4.98 Å². The van der Waals surface area contributed by atoms with Crippen molar-refractivity contribution < 1.29 is 9.15 Å². The molecular weight excluding hydrogens is 310 g/mol. The van der Waals surface area contributed by atoms with E-state index in [9.17, 15) is 0 Å². The van der Waals surface area contributed by atoms with Gasteiger partial charge in [-0.2, -0.15) is 0 Å². The zero-order valence-corrected chi connectivity index (χ0v) is 15.1. The molecule has 0 aliphatic rings. The first-order valence-corrected chi connectivity index (χ1v) is 8.73. The number of nitrogens with zero attached hydrogens (tertiary/aromatic N) is 1. The Morgan fingerprint density at radius 1 is 0.960 bits per heavy atom. The lowest BCUT2D eigenvalue weighted by atomic mass is 10.2. The summed E-state index contributed by atoms with van der Waals surface area (Å²) >= 11 is 0. The number of aromatic nitrogens is 1. The van der Waals surface area contributed by atoms with Crippen molar-refractivity contribution in [1.29, 1.82) is 0 Å². The molecule has 0 saturated heterocycles. The molecule has 1 heterocycles. The Morgan fingerprint density at radius 3 is 2.36 bits per heavy atom. The monoisotopic (exact) mass is 335 g/mol. The van der Waals surface area contributed by atoms with Crippen LogP contribution in [0.4, 0.5) is 0 Å². The fourth-order valence-corrected chi connectivity index (χ4v) is 2.18. The summed E-state index contributed by atoms with van der Waals surface area (Å²) < 4.78 is 11.2. The minimum atomic E-state index is 0.397. The van der Waals surface area contributed by atoms with Gasteiger partial charge in [-0.15, -0.1) is 0 Å². The molecule has 3 rings (SSSR count). The van der Waals surface area contributed by atoms with Crippen molar-refractivity contribution >= 4 is 12.2 Å². The molecule has 0 unspecified atom stereocenters. The third-order valence-electron chi connectivity index (χ3n) is 3.51. The first-order valence-electron chi connectivity index (χ1n) is 8.73. The second-order valence-electron chi connectivity index (χ2n) is 5.21. The molecule has 1 aromatic heterocycles. The normalized spacial score (nSPS) is 10.4. The molecule has 0 fully saturated rings. The van der Waals surface area contributed by atoms with Gasteiger partial charge in [-0.05, 0) is 35.8 Å². The van der Waals surface area contributed by atoms with Gasteiger partial charge in [-0.1, -0.05) is 63.2 Å². The molecule has 0 N–H and O–H groups in total. The maximum absolute atomic E-state index is 5.72. The first-order chi connectivity index (χ1) is 12.3. The highest BCUT2D eigenvalue weighted by molar-refractivity contribution is 5.65. The Labute approximate surface area is 150 Å². The summed E-state index contributed by atoms with van der Waals surface area (Å²) in [5.74, 6) is 1.42. The van der Waals surface area contributed by atoms with Crippen LogP contribution in [0.15, 0.2) is 65.3 Å². The predicted octanol–water partition coefficient (Wildman–Crippen LogP) is 6.01. The van der Waals surface area contributed by atoms with Gasteiger partial charge >= 0.3 is 0 Å². The Kier molecular flexibility index (Phi) is 7.51. The summed E-state index contributed by atoms with van der Waals surface area (Å²) in [4.78, 5) is 4.40. The van der Waals surface area contributed by atoms with Gasteiger partial charge in [-0.25, -0.2) is 4.98 Å². The van der Waals surface area contributed by atoms with Crippen molar-refractivity contribution in [2.75, 3.05) is 0 Å². The summed E-state index contributed by atoms with van der Waals surface area (Å²) in [6.45, 7) is 6.53. The van der Waals surface area contributed by atoms with Crippen molar-refractivity contribution in [3.63, 3.8) is 0 Å². The number of ether oxygens (including phenoxy) is 1. The number of benzene rings is 2. The van der Waals surface area contributed by atoms with Gasteiger partial charge in [-0.3, -0.25) is 0 Å². The highest BCUT2D eigenvalue weighted by atomic mass is 16.5. The van der Waals surface area contributed by atoms with Gasteiger partial charge in [0.1, 0.15) is 24.3 Å². The summed E-state index contributed by atoms with van der Waals surface area (Å²) in [6.07, 6.45) is 6.49. The van der Waals surface area contributed by atoms with E-state index >= 15 is 0 Å². The zero-order valence-electron chi connectivity index (χ0n) is 15.1. The van der Waals surface area contributed by atoms with Crippen LogP contribution >= 0.6 is 0 Å². The lowest BCUT2D eigenvalue weighted by Gasteiger charge is -2.04. The van der Waals surface area contributed by atoms with Crippen molar-refractivity contribution in [2.45, 2.75) is 33.8 Å². The second kappa shape index (κ2) is 10.1. The third kappa shape index (κ3) is 5.96. The molecule has 0 bridgehead atoms. The van der Waals surface area contributed by atoms with E-state index in [4.69, 9.17) is 9.15 Å². The number of aryl methyl sites for hydroxylation is 1. The smallest absolute Gasteiger partial charge is 0.218 e. The zero-order chi connectivity index (χ0) is 17.9. The Bertz CT molecular complexity index is 758. The Hall–Kier alpha value is -2.81. The van der Waals surface area contributed by atoms with E-state index in [1.54, 1.807) is 6.26 Å². The summed E-state index contributed by atoms with van der Waals surface area (Å²) in [5.41, 5.74) is 3.18. The molecule has 3 heteroatoms. The van der Waals surface area contributed by atoms with Gasteiger partial charge in [0.15, 0.2) is 0 Å². The van der Waals surface area contributed by atoms with Crippen molar-refractivity contribution in [2.24, 2.45) is 0 Å². The van der Waals surface area contributed by atoms with Crippen molar-refractivity contribution in [3.8, 4) is 5.75 Å². The minimum Gasteiger partial charge on any atom is -0.487 e. The van der Waals surface area contributed by atoms with Crippen LogP contribution < -0.4 is 4.74 Å². The van der Waals surface area contributed by atoms with Crippen LogP contribution in [-0.4, -0.2) is 4.98 Å². The molecule has 0 radical (unpaired) electrons. The van der Waals surface area contributed by atoms with Gasteiger partial charge in [0.05, 0.1) is 0 Å². The molecule has 0 spiro atoms. The third-order valence-corrected chi connectivity index (χ3v) is 3.51. The molecule has 3 nitrogen and oxygen atoms in total. The lowest BCUT2D eigenvalue weighted by molar-refractivity contribution is 0.301. The van der Waals surface area contributed by atoms with E-state index in [2.05, 4.69) is 24.0 Å². The topological polar surface area (TPSA) is 35.3 Å². The highest BCUT2D eigenvalue weighted by Crippen LogP contribution is 2.15. The van der Waals surface area contributed by atoms with Crippen molar-refractivity contribution in [3.05, 3.63) is 83.6 Å². The van der Waals surface area contributed by atoms with Crippen LogP contribution in [0.3, 0.4) is 0 Å². The fraction of sp³-hybridized carbons (Fsp3) is 0.227. The maximum Gasteiger partial charge on any atom is 0.218 e. The number of oxazole rings is 1. The van der Waals surface area contributed by atoms with Crippen LogP contribution in [0.25, 0.3) is 12.2 Å². The molecule has 25 heavy (non-hydrogen) atoms. The van der Waals surface area contributed by atoms with Crippen LogP contribution in [0.5, 0.6) is 5.75 Å². The highest BCUT2D eigenvalue weighted by Gasteiger charge is 2.02. The Balaban J connectivity index is 0.00000109. The van der Waals surface area contributed by atoms with Crippen LogP contribution in [0.2, 0.25) is 0 Å². The van der Waals surface area contributed by atoms with Gasteiger partial charge < -0.3 is 9.15 Å². The molecule has 0 aliphatic carbocycles. The van der Waals surface area contributed by atoms with E-state index in [0.29, 0.717) is 12.5 Å². The lowest BCUT2D eigenvalue weighted by Crippen LogP contribution is -1.95. The average molecular weight is 335 g/mol. The fourth-order valence-electron chi connectivity index (χ4n) is 2.18. The van der Waals surface area contributed by atoms with Gasteiger partial charge in [0, 0.05) is 6.08 Å². The van der Waals surface area contributed by atoms with E-state index in [0.717, 1.165) is 23.4 Å². The van der Waals surface area contributed by atoms with Gasteiger partial charge in [0.25, 0.3) is 0 Å². The number of hydrogen-bond acceptors (Lipinski definition) is 3. The largest absolute Gasteiger partial charge is 0.487 e. The first kappa shape index (κ1) is 18.5. The number of rotatable bonds is 6. The predicted molar refractivity (Wildman–Crippen MR) is 103 cm³/mol. The van der Waals surface area contributed by atoms with E-state index < -0.39 is 0 Å².